The summed E-state index contributed by atoms with van der Waals surface area (Å²) in [6.07, 6.45) is 0.834. The van der Waals surface area contributed by atoms with Gasteiger partial charge in [-0.3, -0.25) is 9.69 Å². The number of benzene rings is 1. The van der Waals surface area contributed by atoms with E-state index in [1.54, 1.807) is 10.6 Å². The molecule has 7 nitrogen and oxygen atoms in total. The van der Waals surface area contributed by atoms with Gasteiger partial charge in [0.15, 0.2) is 0 Å². The molecule has 2 aliphatic heterocycles. The molecule has 0 bridgehead atoms. The van der Waals surface area contributed by atoms with Gasteiger partial charge in [0, 0.05) is 43.0 Å². The molecule has 0 amide bonds. The molecule has 1 fully saturated rings. The summed E-state index contributed by atoms with van der Waals surface area (Å²) >= 11 is 6.45. The van der Waals surface area contributed by atoms with Crippen LogP contribution in [-0.2, 0) is 11.3 Å². The van der Waals surface area contributed by atoms with Gasteiger partial charge in [-0.2, -0.15) is 5.26 Å². The molecule has 1 aromatic carbocycles. The molecule has 2 N–H and O–H groups in total. The number of hydrogen-bond donors (Lipinski definition) is 1. The highest BCUT2D eigenvalue weighted by molar-refractivity contribution is 6.31. The van der Waals surface area contributed by atoms with Gasteiger partial charge in [-0.15, -0.1) is 0 Å². The SMILES string of the molecule is Cc1cc2c(c(=O)n1CCCN1CCOCC1)[C@@H](c1ccccc1Cl)C(C#N)=C(N)O2. The minimum atomic E-state index is -0.666. The molecule has 0 radical (unpaired) electrons. The number of allylic oxidation sites excluding steroid dienone is 1. The van der Waals surface area contributed by atoms with Gasteiger partial charge in [0.1, 0.15) is 17.4 Å². The highest BCUT2D eigenvalue weighted by atomic mass is 35.5. The molecule has 0 spiro atoms. The average Bonchev–Trinajstić information content (AvgIpc) is 2.76. The van der Waals surface area contributed by atoms with Crippen molar-refractivity contribution in [3.8, 4) is 11.8 Å². The maximum atomic E-state index is 13.6. The van der Waals surface area contributed by atoms with E-state index in [4.69, 9.17) is 26.8 Å². The quantitative estimate of drug-likeness (QED) is 0.768. The standard InChI is InChI=1S/C23H25ClN4O3/c1-15-13-19-21(23(29)28(15)8-4-7-27-9-11-30-12-10-27)20(17(14-25)22(26)31-19)16-5-2-3-6-18(16)24/h2-3,5-6,13,20H,4,7-12,26H2,1H3/t20-/m0/s1. The van der Waals surface area contributed by atoms with Crippen LogP contribution < -0.4 is 16.0 Å². The van der Waals surface area contributed by atoms with Crippen LogP contribution in [0.2, 0.25) is 5.02 Å². The molecule has 1 atom stereocenters. The fourth-order valence-corrected chi connectivity index (χ4v) is 4.51. The number of aromatic nitrogens is 1. The largest absolute Gasteiger partial charge is 0.440 e. The molecule has 3 heterocycles. The Bertz CT molecular complexity index is 1110. The van der Waals surface area contributed by atoms with Crippen molar-refractivity contribution in [2.24, 2.45) is 5.73 Å². The first-order valence-electron chi connectivity index (χ1n) is 10.4. The molecular weight excluding hydrogens is 416 g/mol. The number of hydrogen-bond acceptors (Lipinski definition) is 6. The second-order valence-electron chi connectivity index (χ2n) is 7.77. The molecule has 0 aliphatic carbocycles. The van der Waals surface area contributed by atoms with Crippen molar-refractivity contribution in [1.82, 2.24) is 9.47 Å². The monoisotopic (exact) mass is 440 g/mol. The molecule has 2 aromatic rings. The van der Waals surface area contributed by atoms with E-state index in [1.165, 1.54) is 0 Å². The van der Waals surface area contributed by atoms with E-state index in [0.29, 0.717) is 28.4 Å². The van der Waals surface area contributed by atoms with Crippen LogP contribution in [-0.4, -0.2) is 42.3 Å². The Morgan fingerprint density at radius 2 is 2.00 bits per heavy atom. The number of ether oxygens (including phenoxy) is 2. The topological polar surface area (TPSA) is 93.5 Å². The van der Waals surface area contributed by atoms with E-state index in [9.17, 15) is 10.1 Å². The van der Waals surface area contributed by atoms with Crippen LogP contribution in [0.4, 0.5) is 0 Å². The van der Waals surface area contributed by atoms with Crippen molar-refractivity contribution in [2.75, 3.05) is 32.8 Å². The summed E-state index contributed by atoms with van der Waals surface area (Å²) < 4.78 is 12.8. The summed E-state index contributed by atoms with van der Waals surface area (Å²) in [5.41, 5.74) is 7.92. The number of aryl methyl sites for hydroxylation is 1. The van der Waals surface area contributed by atoms with E-state index < -0.39 is 5.92 Å². The number of nitriles is 1. The molecule has 0 unspecified atom stereocenters. The first kappa shape index (κ1) is 21.4. The predicted octanol–water partition coefficient (Wildman–Crippen LogP) is 2.75. The molecule has 31 heavy (non-hydrogen) atoms. The lowest BCUT2D eigenvalue weighted by Crippen LogP contribution is -2.38. The molecule has 2 aliphatic rings. The molecule has 8 heteroatoms. The Morgan fingerprint density at radius 3 is 2.71 bits per heavy atom. The first-order valence-corrected chi connectivity index (χ1v) is 10.8. The van der Waals surface area contributed by atoms with Crippen LogP contribution in [0.25, 0.3) is 0 Å². The van der Waals surface area contributed by atoms with Crippen LogP contribution >= 0.6 is 11.6 Å². The van der Waals surface area contributed by atoms with Crippen molar-refractivity contribution in [1.29, 1.82) is 5.26 Å². The smallest absolute Gasteiger partial charge is 0.258 e. The van der Waals surface area contributed by atoms with Crippen LogP contribution in [0.3, 0.4) is 0 Å². The van der Waals surface area contributed by atoms with Gasteiger partial charge in [-0.25, -0.2) is 0 Å². The molecule has 162 valence electrons. The summed E-state index contributed by atoms with van der Waals surface area (Å²) in [4.78, 5) is 16.0. The fourth-order valence-electron chi connectivity index (χ4n) is 4.26. The zero-order chi connectivity index (χ0) is 22.0. The number of halogens is 1. The first-order chi connectivity index (χ1) is 15.0. The molecule has 1 saturated heterocycles. The van der Waals surface area contributed by atoms with E-state index in [1.807, 2.05) is 31.2 Å². The van der Waals surface area contributed by atoms with Gasteiger partial charge in [-0.05, 0) is 25.0 Å². The Balaban J connectivity index is 1.72. The zero-order valence-electron chi connectivity index (χ0n) is 17.4. The van der Waals surface area contributed by atoms with Gasteiger partial charge < -0.3 is 19.8 Å². The number of nitrogens with two attached hydrogens (primary N) is 1. The van der Waals surface area contributed by atoms with Crippen molar-refractivity contribution in [3.05, 3.63) is 74.0 Å². The van der Waals surface area contributed by atoms with Gasteiger partial charge in [0.05, 0.1) is 24.7 Å². The third-order valence-corrected chi connectivity index (χ3v) is 6.21. The Kier molecular flexibility index (Phi) is 6.33. The maximum Gasteiger partial charge on any atom is 0.258 e. The lowest BCUT2D eigenvalue weighted by molar-refractivity contribution is 0.0369. The lowest BCUT2D eigenvalue weighted by Gasteiger charge is -2.28. The van der Waals surface area contributed by atoms with E-state index in [2.05, 4.69) is 11.0 Å². The van der Waals surface area contributed by atoms with Crippen molar-refractivity contribution >= 4 is 11.6 Å². The average molecular weight is 441 g/mol. The normalized spacial score (nSPS) is 18.9. The van der Waals surface area contributed by atoms with Gasteiger partial charge in [-0.1, -0.05) is 29.8 Å². The second kappa shape index (κ2) is 9.15. The van der Waals surface area contributed by atoms with Gasteiger partial charge >= 0.3 is 0 Å². The maximum absolute atomic E-state index is 13.6. The van der Waals surface area contributed by atoms with Crippen molar-refractivity contribution < 1.29 is 9.47 Å². The molecule has 4 rings (SSSR count). The molecule has 1 aromatic heterocycles. The third-order valence-electron chi connectivity index (χ3n) is 5.87. The van der Waals surface area contributed by atoms with Crippen LogP contribution in [0.1, 0.15) is 29.2 Å². The fraction of sp³-hybridized carbons (Fsp3) is 0.391. The number of fused-ring (bicyclic) bond motifs is 1. The minimum Gasteiger partial charge on any atom is -0.440 e. The number of rotatable bonds is 5. The number of nitrogens with zero attached hydrogens (tertiary/aromatic N) is 3. The summed E-state index contributed by atoms with van der Waals surface area (Å²) in [5, 5.41) is 10.2. The minimum absolute atomic E-state index is 0.00351. The summed E-state index contributed by atoms with van der Waals surface area (Å²) in [5.74, 6) is -0.279. The highest BCUT2D eigenvalue weighted by Crippen LogP contribution is 2.42. The lowest BCUT2D eigenvalue weighted by atomic mass is 9.84. The zero-order valence-corrected chi connectivity index (χ0v) is 18.2. The highest BCUT2D eigenvalue weighted by Gasteiger charge is 2.35. The van der Waals surface area contributed by atoms with Crippen LogP contribution in [0, 0.1) is 18.3 Å². The summed E-state index contributed by atoms with van der Waals surface area (Å²) in [6, 6.07) is 11.1. The number of morpholine rings is 1. The van der Waals surface area contributed by atoms with E-state index in [0.717, 1.165) is 45.0 Å². The van der Waals surface area contributed by atoms with Crippen molar-refractivity contribution in [3.63, 3.8) is 0 Å². The van der Waals surface area contributed by atoms with E-state index in [-0.39, 0.29) is 17.0 Å². The Labute approximate surface area is 186 Å². The van der Waals surface area contributed by atoms with Crippen LogP contribution in [0.5, 0.6) is 5.75 Å². The number of pyridine rings is 1. The van der Waals surface area contributed by atoms with Gasteiger partial charge in [0.2, 0.25) is 5.88 Å². The molecule has 0 saturated carbocycles. The Hall–Kier alpha value is -2.79. The second-order valence-corrected chi connectivity index (χ2v) is 8.18. The predicted molar refractivity (Wildman–Crippen MR) is 118 cm³/mol. The van der Waals surface area contributed by atoms with Gasteiger partial charge in [0.25, 0.3) is 5.56 Å². The molecular formula is C23H25ClN4O3. The van der Waals surface area contributed by atoms with Crippen molar-refractivity contribution in [2.45, 2.75) is 25.8 Å². The van der Waals surface area contributed by atoms with E-state index >= 15 is 0 Å². The Morgan fingerprint density at radius 1 is 1.26 bits per heavy atom. The van der Waals surface area contributed by atoms with Crippen LogP contribution in [0.15, 0.2) is 46.6 Å². The summed E-state index contributed by atoms with van der Waals surface area (Å²) in [7, 11) is 0. The third kappa shape index (κ3) is 4.19. The summed E-state index contributed by atoms with van der Waals surface area (Å²) in [6.45, 7) is 6.67.